The zero-order valence-corrected chi connectivity index (χ0v) is 10.0. The minimum Gasteiger partial charge on any atom is -0.381 e. The van der Waals surface area contributed by atoms with Crippen LogP contribution in [0.1, 0.15) is 39.5 Å². The Hall–Kier alpha value is -0.590. The highest BCUT2D eigenvalue weighted by Gasteiger charge is 2.30. The summed E-state index contributed by atoms with van der Waals surface area (Å²) in [6.07, 6.45) is 4.34. The predicted molar refractivity (Wildman–Crippen MR) is 60.4 cm³/mol. The Morgan fingerprint density at radius 3 is 2.67 bits per heavy atom. The Kier molecular flexibility index (Phi) is 4.56. The second kappa shape index (κ2) is 5.48. The molecule has 3 heteroatoms. The van der Waals surface area contributed by atoms with Crippen molar-refractivity contribution in [2.45, 2.75) is 51.7 Å². The summed E-state index contributed by atoms with van der Waals surface area (Å²) in [5.41, 5.74) is 0.230. The molecule has 1 fully saturated rings. The molecule has 0 aliphatic heterocycles. The smallest absolute Gasteiger partial charge is 0.0621 e. The summed E-state index contributed by atoms with van der Waals surface area (Å²) in [4.78, 5) is 0. The number of hydrogen-bond donors (Lipinski definition) is 1. The molecule has 0 bridgehead atoms. The van der Waals surface area contributed by atoms with Crippen LogP contribution >= 0.6 is 0 Å². The molecule has 0 saturated heterocycles. The van der Waals surface area contributed by atoms with Crippen molar-refractivity contribution < 1.29 is 4.74 Å². The lowest BCUT2D eigenvalue weighted by molar-refractivity contribution is 0.0148. The van der Waals surface area contributed by atoms with Crippen molar-refractivity contribution in [3.63, 3.8) is 0 Å². The van der Waals surface area contributed by atoms with Gasteiger partial charge in [0.2, 0.25) is 0 Å². The number of rotatable bonds is 6. The molecule has 86 valence electrons. The predicted octanol–water partition coefficient (Wildman–Crippen LogP) is 2.08. The second-order valence-electron chi connectivity index (χ2n) is 5.23. The molecule has 0 aromatic heterocycles. The van der Waals surface area contributed by atoms with Crippen LogP contribution in [0.25, 0.3) is 0 Å². The van der Waals surface area contributed by atoms with E-state index in [9.17, 15) is 0 Å². The summed E-state index contributed by atoms with van der Waals surface area (Å²) in [6, 6.07) is 2.83. The Morgan fingerprint density at radius 1 is 1.47 bits per heavy atom. The summed E-state index contributed by atoms with van der Waals surface area (Å²) in [5, 5.41) is 12.1. The third kappa shape index (κ3) is 4.19. The van der Waals surface area contributed by atoms with Gasteiger partial charge in [-0.25, -0.2) is 0 Å². The van der Waals surface area contributed by atoms with Crippen molar-refractivity contribution in [2.24, 2.45) is 5.41 Å². The number of methoxy groups -OCH3 is 1. The molecule has 1 aliphatic carbocycles. The quantitative estimate of drug-likeness (QED) is 0.730. The van der Waals surface area contributed by atoms with E-state index in [1.807, 2.05) is 0 Å². The lowest BCUT2D eigenvalue weighted by Crippen LogP contribution is -2.47. The number of hydrogen-bond acceptors (Lipinski definition) is 3. The lowest BCUT2D eigenvalue weighted by atomic mass is 9.85. The Labute approximate surface area is 92.8 Å². The van der Waals surface area contributed by atoms with Crippen molar-refractivity contribution in [3.8, 4) is 6.07 Å². The monoisotopic (exact) mass is 210 g/mol. The molecule has 1 saturated carbocycles. The van der Waals surface area contributed by atoms with Crippen LogP contribution in [-0.2, 0) is 4.74 Å². The van der Waals surface area contributed by atoms with Gasteiger partial charge in [-0.15, -0.1) is 0 Å². The third-order valence-corrected chi connectivity index (χ3v) is 3.21. The zero-order chi connectivity index (χ0) is 11.3. The van der Waals surface area contributed by atoms with E-state index in [1.54, 1.807) is 7.11 Å². The van der Waals surface area contributed by atoms with E-state index in [-0.39, 0.29) is 5.41 Å². The van der Waals surface area contributed by atoms with Gasteiger partial charge in [-0.3, -0.25) is 0 Å². The largest absolute Gasteiger partial charge is 0.381 e. The van der Waals surface area contributed by atoms with E-state index >= 15 is 0 Å². The first kappa shape index (κ1) is 12.5. The van der Waals surface area contributed by atoms with E-state index in [1.165, 1.54) is 0 Å². The van der Waals surface area contributed by atoms with Gasteiger partial charge in [-0.2, -0.15) is 5.26 Å². The van der Waals surface area contributed by atoms with E-state index in [2.05, 4.69) is 25.2 Å². The van der Waals surface area contributed by atoms with Gasteiger partial charge in [0.05, 0.1) is 12.2 Å². The molecule has 3 nitrogen and oxygen atoms in total. The molecular weight excluding hydrogens is 188 g/mol. The highest BCUT2D eigenvalue weighted by atomic mass is 16.5. The Morgan fingerprint density at radius 2 is 2.13 bits per heavy atom. The topological polar surface area (TPSA) is 45.0 Å². The van der Waals surface area contributed by atoms with Crippen LogP contribution in [0.4, 0.5) is 0 Å². The maximum Gasteiger partial charge on any atom is 0.0621 e. The lowest BCUT2D eigenvalue weighted by Gasteiger charge is -2.37. The van der Waals surface area contributed by atoms with Crippen molar-refractivity contribution >= 4 is 0 Å². The van der Waals surface area contributed by atoms with Crippen LogP contribution < -0.4 is 5.32 Å². The molecule has 1 aliphatic rings. The SMILES string of the molecule is COC1CC(NCC(C)(C)CCC#N)C1. The molecule has 1 N–H and O–H groups in total. The number of ether oxygens (including phenoxy) is 1. The van der Waals surface area contributed by atoms with Gasteiger partial charge in [-0.1, -0.05) is 13.8 Å². The standard InChI is InChI=1S/C12H22N2O/c1-12(2,5-4-6-13)9-14-10-7-11(8-10)15-3/h10-11,14H,4-5,7-9H2,1-3H3. The fourth-order valence-corrected chi connectivity index (χ4v) is 1.83. The number of nitrogens with one attached hydrogen (secondary N) is 1. The molecule has 0 radical (unpaired) electrons. The van der Waals surface area contributed by atoms with Gasteiger partial charge in [0.1, 0.15) is 0 Å². The molecule has 0 spiro atoms. The average molecular weight is 210 g/mol. The van der Waals surface area contributed by atoms with Crippen LogP contribution in [0.5, 0.6) is 0 Å². The molecule has 0 unspecified atom stereocenters. The third-order valence-electron chi connectivity index (χ3n) is 3.21. The fraction of sp³-hybridized carbons (Fsp3) is 0.917. The zero-order valence-electron chi connectivity index (χ0n) is 10.0. The van der Waals surface area contributed by atoms with E-state index in [4.69, 9.17) is 10.00 Å². The molecule has 1 rings (SSSR count). The normalized spacial score (nSPS) is 25.7. The van der Waals surface area contributed by atoms with Gasteiger partial charge < -0.3 is 10.1 Å². The minimum absolute atomic E-state index is 0.230. The van der Waals surface area contributed by atoms with Crippen molar-refractivity contribution in [3.05, 3.63) is 0 Å². The number of nitriles is 1. The first-order valence-electron chi connectivity index (χ1n) is 5.70. The number of nitrogens with zero attached hydrogens (tertiary/aromatic N) is 1. The Bertz CT molecular complexity index is 226. The van der Waals surface area contributed by atoms with Gasteiger partial charge in [0.15, 0.2) is 0 Å². The van der Waals surface area contributed by atoms with E-state index < -0.39 is 0 Å². The highest BCUT2D eigenvalue weighted by molar-refractivity contribution is 4.88. The summed E-state index contributed by atoms with van der Waals surface area (Å²) < 4.78 is 5.23. The maximum atomic E-state index is 8.54. The molecule has 0 heterocycles. The van der Waals surface area contributed by atoms with Crippen molar-refractivity contribution in [1.82, 2.24) is 5.32 Å². The van der Waals surface area contributed by atoms with Crippen LogP contribution in [0.3, 0.4) is 0 Å². The summed E-state index contributed by atoms with van der Waals surface area (Å²) in [7, 11) is 1.78. The first-order chi connectivity index (χ1) is 7.07. The second-order valence-corrected chi connectivity index (χ2v) is 5.23. The molecule has 15 heavy (non-hydrogen) atoms. The van der Waals surface area contributed by atoms with Crippen LogP contribution in [-0.4, -0.2) is 25.8 Å². The first-order valence-corrected chi connectivity index (χ1v) is 5.70. The molecule has 0 aromatic carbocycles. The molecular formula is C12H22N2O. The van der Waals surface area contributed by atoms with Gasteiger partial charge >= 0.3 is 0 Å². The molecule has 0 atom stereocenters. The van der Waals surface area contributed by atoms with Gasteiger partial charge in [0.25, 0.3) is 0 Å². The molecule has 0 amide bonds. The van der Waals surface area contributed by atoms with Crippen LogP contribution in [0.2, 0.25) is 0 Å². The van der Waals surface area contributed by atoms with Crippen LogP contribution in [0.15, 0.2) is 0 Å². The summed E-state index contributed by atoms with van der Waals surface area (Å²) in [5.74, 6) is 0. The van der Waals surface area contributed by atoms with E-state index in [0.717, 1.165) is 25.8 Å². The summed E-state index contributed by atoms with van der Waals surface area (Å²) >= 11 is 0. The Balaban J connectivity index is 2.12. The van der Waals surface area contributed by atoms with Crippen molar-refractivity contribution in [1.29, 1.82) is 5.26 Å². The maximum absolute atomic E-state index is 8.54. The van der Waals surface area contributed by atoms with E-state index in [0.29, 0.717) is 18.6 Å². The van der Waals surface area contributed by atoms with Gasteiger partial charge in [-0.05, 0) is 24.7 Å². The average Bonchev–Trinajstić information content (AvgIpc) is 2.13. The minimum atomic E-state index is 0.230. The highest BCUT2D eigenvalue weighted by Crippen LogP contribution is 2.25. The summed E-state index contributed by atoms with van der Waals surface area (Å²) in [6.45, 7) is 5.42. The van der Waals surface area contributed by atoms with Crippen molar-refractivity contribution in [2.75, 3.05) is 13.7 Å². The molecule has 0 aromatic rings. The van der Waals surface area contributed by atoms with Gasteiger partial charge in [0, 0.05) is 26.1 Å². The van der Waals surface area contributed by atoms with Crippen LogP contribution in [0, 0.1) is 16.7 Å². The fourth-order valence-electron chi connectivity index (χ4n) is 1.83.